The second kappa shape index (κ2) is 9.94. The number of ether oxygens (including phenoxy) is 1. The lowest BCUT2D eigenvalue weighted by Gasteiger charge is -2.28. The first-order valence-corrected chi connectivity index (χ1v) is 9.31. The summed E-state index contributed by atoms with van der Waals surface area (Å²) < 4.78 is 5.33. The van der Waals surface area contributed by atoms with Crippen LogP contribution in [0.25, 0.3) is 0 Å². The van der Waals surface area contributed by atoms with E-state index in [1.807, 2.05) is 29.2 Å². The van der Waals surface area contributed by atoms with E-state index in [1.54, 1.807) is 7.11 Å². The van der Waals surface area contributed by atoms with Gasteiger partial charge in [-0.2, -0.15) is 0 Å². The number of aryl methyl sites for hydroxylation is 1. The molecule has 1 aromatic rings. The molecule has 1 aliphatic rings. The molecule has 1 atom stereocenters. The van der Waals surface area contributed by atoms with Crippen LogP contribution in [0.2, 0.25) is 0 Å². The van der Waals surface area contributed by atoms with Gasteiger partial charge in [0, 0.05) is 32.5 Å². The van der Waals surface area contributed by atoms with E-state index in [-0.39, 0.29) is 24.4 Å². The van der Waals surface area contributed by atoms with E-state index in [0.717, 1.165) is 17.7 Å². The van der Waals surface area contributed by atoms with Gasteiger partial charge in [-0.3, -0.25) is 14.4 Å². The Hall–Kier alpha value is -2.57. The summed E-state index contributed by atoms with van der Waals surface area (Å²) >= 11 is 0. The molecule has 2 amide bonds. The molecule has 1 heterocycles. The van der Waals surface area contributed by atoms with Crippen LogP contribution in [0.15, 0.2) is 24.3 Å². The van der Waals surface area contributed by atoms with Gasteiger partial charge in [-0.15, -0.1) is 0 Å². The molecule has 0 aromatic heterocycles. The molecule has 1 aromatic carbocycles. The Balaban J connectivity index is 1.91. The summed E-state index contributed by atoms with van der Waals surface area (Å²) in [5, 5.41) is 9.03. The van der Waals surface area contributed by atoms with Gasteiger partial charge < -0.3 is 19.6 Å². The zero-order valence-electron chi connectivity index (χ0n) is 16.0. The van der Waals surface area contributed by atoms with E-state index in [1.165, 1.54) is 11.8 Å². The fourth-order valence-electron chi connectivity index (χ4n) is 3.59. The van der Waals surface area contributed by atoms with Crippen LogP contribution < -0.4 is 4.74 Å². The number of amides is 2. The summed E-state index contributed by atoms with van der Waals surface area (Å²) in [5.74, 6) is -0.390. The number of benzene rings is 1. The van der Waals surface area contributed by atoms with Gasteiger partial charge in [0.25, 0.3) is 0 Å². The van der Waals surface area contributed by atoms with Crippen molar-refractivity contribution in [1.82, 2.24) is 9.80 Å². The fourth-order valence-corrected chi connectivity index (χ4v) is 3.59. The van der Waals surface area contributed by atoms with Gasteiger partial charge >= 0.3 is 5.97 Å². The van der Waals surface area contributed by atoms with E-state index in [9.17, 15) is 14.4 Å². The first-order valence-electron chi connectivity index (χ1n) is 9.31. The lowest BCUT2D eigenvalue weighted by Crippen LogP contribution is -2.43. The molecule has 2 rings (SSSR count). The number of carbonyl (C=O) groups is 3. The SMILES string of the molecule is COc1ccccc1CCC(=O)N1CCCC(N(CC(=O)O)C(C)=O)CC1. The van der Waals surface area contributed by atoms with Crippen LogP contribution in [0.4, 0.5) is 0 Å². The largest absolute Gasteiger partial charge is 0.496 e. The average molecular weight is 376 g/mol. The lowest BCUT2D eigenvalue weighted by molar-refractivity contribution is -0.145. The Bertz CT molecular complexity index is 676. The van der Waals surface area contributed by atoms with E-state index >= 15 is 0 Å². The van der Waals surface area contributed by atoms with Crippen LogP contribution in [0.1, 0.15) is 38.2 Å². The standard InChI is InChI=1S/C20H28N2O5/c1-15(23)22(14-20(25)26)17-7-5-12-21(13-11-17)19(24)10-9-16-6-3-4-8-18(16)27-2/h3-4,6,8,17H,5,7,9-14H2,1-2H3,(H,25,26). The maximum atomic E-state index is 12.6. The maximum Gasteiger partial charge on any atom is 0.323 e. The average Bonchev–Trinajstić information content (AvgIpc) is 2.90. The maximum absolute atomic E-state index is 12.6. The van der Waals surface area contributed by atoms with Crippen molar-refractivity contribution < 1.29 is 24.2 Å². The molecule has 7 heteroatoms. The van der Waals surface area contributed by atoms with E-state index < -0.39 is 5.97 Å². The molecular formula is C20H28N2O5. The molecule has 148 valence electrons. The van der Waals surface area contributed by atoms with Crippen molar-refractivity contribution in [2.24, 2.45) is 0 Å². The fraction of sp³-hybridized carbons (Fsp3) is 0.550. The summed E-state index contributed by atoms with van der Waals surface area (Å²) in [6.45, 7) is 2.28. The van der Waals surface area contributed by atoms with Gasteiger partial charge in [-0.1, -0.05) is 18.2 Å². The van der Waals surface area contributed by atoms with Crippen molar-refractivity contribution in [3.05, 3.63) is 29.8 Å². The third kappa shape index (κ3) is 5.98. The highest BCUT2D eigenvalue weighted by Gasteiger charge is 2.27. The number of aliphatic carboxylic acids is 1. The molecule has 1 aliphatic heterocycles. The molecule has 0 aliphatic carbocycles. The normalized spacial score (nSPS) is 17.1. The van der Waals surface area contributed by atoms with Gasteiger partial charge in [0.2, 0.25) is 11.8 Å². The second-order valence-electron chi connectivity index (χ2n) is 6.82. The number of nitrogens with zero attached hydrogens (tertiary/aromatic N) is 2. The van der Waals surface area contributed by atoms with E-state index in [0.29, 0.717) is 38.8 Å². The van der Waals surface area contributed by atoms with Crippen LogP contribution in [0, 0.1) is 0 Å². The minimum absolute atomic E-state index is 0.0779. The minimum atomic E-state index is -1.01. The van der Waals surface area contributed by atoms with Gasteiger partial charge in [0.05, 0.1) is 7.11 Å². The van der Waals surface area contributed by atoms with E-state index in [4.69, 9.17) is 9.84 Å². The molecule has 0 spiro atoms. The Kier molecular flexibility index (Phi) is 7.64. The van der Waals surface area contributed by atoms with Gasteiger partial charge in [0.15, 0.2) is 0 Å². The van der Waals surface area contributed by atoms with E-state index in [2.05, 4.69) is 0 Å². The number of carbonyl (C=O) groups excluding carboxylic acids is 2. The highest BCUT2D eigenvalue weighted by Crippen LogP contribution is 2.21. The number of rotatable bonds is 7. The zero-order chi connectivity index (χ0) is 19.8. The lowest BCUT2D eigenvalue weighted by atomic mass is 10.1. The first-order chi connectivity index (χ1) is 12.9. The van der Waals surface area contributed by atoms with Crippen LogP contribution in [0.3, 0.4) is 0 Å². The summed E-state index contributed by atoms with van der Waals surface area (Å²) in [6, 6.07) is 7.54. The predicted molar refractivity (Wildman–Crippen MR) is 101 cm³/mol. The van der Waals surface area contributed by atoms with Gasteiger partial charge in [-0.05, 0) is 37.3 Å². The highest BCUT2D eigenvalue weighted by atomic mass is 16.5. The van der Waals surface area contributed by atoms with Crippen LogP contribution in [0.5, 0.6) is 5.75 Å². The summed E-state index contributed by atoms with van der Waals surface area (Å²) in [6.07, 6.45) is 3.09. The summed E-state index contributed by atoms with van der Waals surface area (Å²) in [5.41, 5.74) is 1.00. The third-order valence-corrected chi connectivity index (χ3v) is 5.00. The minimum Gasteiger partial charge on any atom is -0.496 e. The van der Waals surface area contributed by atoms with Gasteiger partial charge in [0.1, 0.15) is 12.3 Å². The molecule has 1 fully saturated rings. The highest BCUT2D eigenvalue weighted by molar-refractivity contribution is 5.80. The zero-order valence-corrected chi connectivity index (χ0v) is 16.0. The van der Waals surface area contributed by atoms with Crippen LogP contribution >= 0.6 is 0 Å². The van der Waals surface area contributed by atoms with Crippen molar-refractivity contribution in [3.63, 3.8) is 0 Å². The van der Waals surface area contributed by atoms with Crippen molar-refractivity contribution in [2.45, 2.75) is 45.1 Å². The first kappa shape index (κ1) is 20.7. The molecular weight excluding hydrogens is 348 g/mol. The van der Waals surface area contributed by atoms with Crippen molar-refractivity contribution in [3.8, 4) is 5.75 Å². The van der Waals surface area contributed by atoms with Crippen molar-refractivity contribution in [2.75, 3.05) is 26.7 Å². The number of carboxylic acids is 1. The second-order valence-corrected chi connectivity index (χ2v) is 6.82. The monoisotopic (exact) mass is 376 g/mol. The number of carboxylic acid groups (broad SMARTS) is 1. The number of para-hydroxylation sites is 1. The molecule has 1 saturated heterocycles. The number of methoxy groups -OCH3 is 1. The molecule has 1 unspecified atom stereocenters. The number of likely N-dealkylation sites (tertiary alicyclic amines) is 1. The molecule has 1 N–H and O–H groups in total. The quantitative estimate of drug-likeness (QED) is 0.786. The Morgan fingerprint density at radius 1 is 1.22 bits per heavy atom. The van der Waals surface area contributed by atoms with Crippen molar-refractivity contribution >= 4 is 17.8 Å². The molecule has 0 bridgehead atoms. The Morgan fingerprint density at radius 3 is 2.63 bits per heavy atom. The van der Waals surface area contributed by atoms with Crippen LogP contribution in [-0.2, 0) is 20.8 Å². The Labute approximate surface area is 159 Å². The topological polar surface area (TPSA) is 87.2 Å². The predicted octanol–water partition coefficient (Wildman–Crippen LogP) is 1.94. The van der Waals surface area contributed by atoms with Crippen molar-refractivity contribution in [1.29, 1.82) is 0 Å². The Morgan fingerprint density at radius 2 is 1.96 bits per heavy atom. The molecule has 0 radical (unpaired) electrons. The molecule has 7 nitrogen and oxygen atoms in total. The molecule has 27 heavy (non-hydrogen) atoms. The summed E-state index contributed by atoms with van der Waals surface area (Å²) in [4.78, 5) is 38.7. The number of hydrogen-bond donors (Lipinski definition) is 1. The van der Waals surface area contributed by atoms with Gasteiger partial charge in [-0.25, -0.2) is 0 Å². The smallest absolute Gasteiger partial charge is 0.323 e. The molecule has 0 saturated carbocycles. The number of hydrogen-bond acceptors (Lipinski definition) is 4. The third-order valence-electron chi connectivity index (χ3n) is 5.00. The summed E-state index contributed by atoms with van der Waals surface area (Å²) in [7, 11) is 1.62. The van der Waals surface area contributed by atoms with Crippen LogP contribution in [-0.4, -0.2) is 65.5 Å².